The molecule has 0 bridgehead atoms. The van der Waals surface area contributed by atoms with Crippen molar-refractivity contribution in [3.8, 4) is 0 Å². The number of carbonyl (C=O) groups is 1. The van der Waals surface area contributed by atoms with Crippen LogP contribution in [-0.4, -0.2) is 27.7 Å². The molecule has 1 amide bonds. The van der Waals surface area contributed by atoms with Crippen molar-refractivity contribution in [3.05, 3.63) is 34.1 Å². The summed E-state index contributed by atoms with van der Waals surface area (Å²) < 4.78 is 25.2. The molecule has 0 aliphatic carbocycles. The van der Waals surface area contributed by atoms with Gasteiger partial charge in [0.25, 0.3) is 5.91 Å². The third kappa shape index (κ3) is 3.17. The minimum absolute atomic E-state index is 0.00594. The molecule has 1 aromatic carbocycles. The number of amides is 1. The Labute approximate surface area is 116 Å². The van der Waals surface area contributed by atoms with Crippen molar-refractivity contribution < 1.29 is 13.4 Å². The highest BCUT2D eigenvalue weighted by molar-refractivity contribution is 9.10. The number of nitrogens with one attached hydrogen (secondary N) is 1. The number of hydrogen-bond acceptors (Lipinski definition) is 2. The molecule has 1 aromatic rings. The van der Waals surface area contributed by atoms with Gasteiger partial charge in [-0.2, -0.15) is 0 Å². The zero-order valence-corrected chi connectivity index (χ0v) is 12.0. The normalized spacial score (nSPS) is 23.7. The van der Waals surface area contributed by atoms with E-state index in [1.807, 2.05) is 0 Å². The van der Waals surface area contributed by atoms with E-state index in [1.54, 1.807) is 12.1 Å². The molecule has 1 heterocycles. The Morgan fingerprint density at radius 1 is 1.39 bits per heavy atom. The summed E-state index contributed by atoms with van der Waals surface area (Å²) >= 11 is 3.05. The van der Waals surface area contributed by atoms with Gasteiger partial charge in [-0.1, -0.05) is 6.07 Å². The molecule has 1 aliphatic heterocycles. The van der Waals surface area contributed by atoms with Gasteiger partial charge < -0.3 is 5.32 Å². The Morgan fingerprint density at radius 3 is 2.72 bits per heavy atom. The highest BCUT2D eigenvalue weighted by Crippen LogP contribution is 2.19. The average molecular weight is 334 g/mol. The fourth-order valence-electron chi connectivity index (χ4n) is 1.88. The lowest BCUT2D eigenvalue weighted by Crippen LogP contribution is -2.39. The second kappa shape index (κ2) is 5.93. The van der Waals surface area contributed by atoms with E-state index in [9.17, 15) is 13.4 Å². The second-order valence-corrected chi connectivity index (χ2v) is 6.75. The van der Waals surface area contributed by atoms with E-state index in [-0.39, 0.29) is 16.1 Å². The van der Waals surface area contributed by atoms with E-state index in [0.717, 1.165) is 0 Å². The molecule has 1 saturated heterocycles. The minimum Gasteiger partial charge on any atom is -0.349 e. The lowest BCUT2D eigenvalue weighted by Gasteiger charge is -2.22. The van der Waals surface area contributed by atoms with Crippen LogP contribution in [0.3, 0.4) is 0 Å². The maximum Gasteiger partial charge on any atom is 0.254 e. The molecular weight excluding hydrogens is 321 g/mol. The minimum atomic E-state index is -0.761. The van der Waals surface area contributed by atoms with Gasteiger partial charge in [-0.25, -0.2) is 4.39 Å². The highest BCUT2D eigenvalue weighted by Gasteiger charge is 2.21. The maximum atomic E-state index is 13.7. The lowest BCUT2D eigenvalue weighted by molar-refractivity contribution is 0.0930. The molecule has 1 aliphatic rings. The van der Waals surface area contributed by atoms with Gasteiger partial charge in [0.1, 0.15) is 5.82 Å². The zero-order chi connectivity index (χ0) is 13.1. The van der Waals surface area contributed by atoms with Gasteiger partial charge >= 0.3 is 0 Å². The predicted octanol–water partition coefficient (Wildman–Crippen LogP) is 2.23. The first-order chi connectivity index (χ1) is 8.58. The summed E-state index contributed by atoms with van der Waals surface area (Å²) in [5.41, 5.74) is 0.0380. The van der Waals surface area contributed by atoms with Crippen LogP contribution in [-0.2, 0) is 10.8 Å². The van der Waals surface area contributed by atoms with Crippen LogP contribution < -0.4 is 5.32 Å². The largest absolute Gasteiger partial charge is 0.349 e. The van der Waals surface area contributed by atoms with Crippen molar-refractivity contribution in [2.75, 3.05) is 11.5 Å². The van der Waals surface area contributed by atoms with Gasteiger partial charge in [-0.3, -0.25) is 9.00 Å². The van der Waals surface area contributed by atoms with Gasteiger partial charge in [-0.15, -0.1) is 0 Å². The standard InChI is InChI=1S/C12H13BrFNO2S/c13-10-3-1-2-9(11(10)14)12(16)15-8-4-6-18(17)7-5-8/h1-3,8H,4-7H2,(H,15,16). The van der Waals surface area contributed by atoms with Crippen molar-refractivity contribution in [1.82, 2.24) is 5.32 Å². The highest BCUT2D eigenvalue weighted by atomic mass is 79.9. The Kier molecular flexibility index (Phi) is 4.50. The van der Waals surface area contributed by atoms with Crippen molar-refractivity contribution in [3.63, 3.8) is 0 Å². The molecule has 0 aromatic heterocycles. The molecule has 0 unspecified atom stereocenters. The Hall–Kier alpha value is -0.750. The quantitative estimate of drug-likeness (QED) is 0.902. The number of hydrogen-bond donors (Lipinski definition) is 1. The van der Waals surface area contributed by atoms with Crippen LogP contribution in [0.25, 0.3) is 0 Å². The van der Waals surface area contributed by atoms with Crippen LogP contribution in [0.5, 0.6) is 0 Å². The fraction of sp³-hybridized carbons (Fsp3) is 0.417. The van der Waals surface area contributed by atoms with E-state index in [1.165, 1.54) is 6.07 Å². The Morgan fingerprint density at radius 2 is 2.06 bits per heavy atom. The van der Waals surface area contributed by atoms with Crippen LogP contribution in [0.1, 0.15) is 23.2 Å². The van der Waals surface area contributed by atoms with E-state index < -0.39 is 22.5 Å². The number of carbonyl (C=O) groups excluding carboxylic acids is 1. The van der Waals surface area contributed by atoms with Crippen molar-refractivity contribution >= 4 is 32.6 Å². The van der Waals surface area contributed by atoms with E-state index >= 15 is 0 Å². The van der Waals surface area contributed by atoms with Crippen LogP contribution >= 0.6 is 15.9 Å². The van der Waals surface area contributed by atoms with Gasteiger partial charge in [0.2, 0.25) is 0 Å². The van der Waals surface area contributed by atoms with E-state index in [0.29, 0.717) is 24.3 Å². The van der Waals surface area contributed by atoms with Crippen LogP contribution in [0.2, 0.25) is 0 Å². The number of halogens is 2. The van der Waals surface area contributed by atoms with E-state index in [2.05, 4.69) is 21.2 Å². The number of benzene rings is 1. The first kappa shape index (κ1) is 13.7. The summed E-state index contributed by atoms with van der Waals surface area (Å²) in [6, 6.07) is 4.62. The molecule has 0 atom stereocenters. The summed E-state index contributed by atoms with van der Waals surface area (Å²) in [5.74, 6) is 0.249. The smallest absolute Gasteiger partial charge is 0.254 e. The molecule has 3 nitrogen and oxygen atoms in total. The van der Waals surface area contributed by atoms with E-state index in [4.69, 9.17) is 0 Å². The molecule has 18 heavy (non-hydrogen) atoms. The average Bonchev–Trinajstić information content (AvgIpc) is 2.35. The van der Waals surface area contributed by atoms with Crippen molar-refractivity contribution in [2.24, 2.45) is 0 Å². The maximum absolute atomic E-state index is 13.7. The van der Waals surface area contributed by atoms with Crippen LogP contribution in [0.4, 0.5) is 4.39 Å². The summed E-state index contributed by atoms with van der Waals surface area (Å²) in [7, 11) is -0.761. The molecule has 0 saturated carbocycles. The Balaban J connectivity index is 2.03. The third-order valence-corrected chi connectivity index (χ3v) is 4.91. The second-order valence-electron chi connectivity index (χ2n) is 4.20. The molecule has 0 spiro atoms. The molecule has 6 heteroatoms. The first-order valence-electron chi connectivity index (χ1n) is 5.68. The van der Waals surface area contributed by atoms with Crippen molar-refractivity contribution in [2.45, 2.75) is 18.9 Å². The Bertz CT molecular complexity index is 485. The first-order valence-corrected chi connectivity index (χ1v) is 7.96. The van der Waals surface area contributed by atoms with Gasteiger partial charge in [-0.05, 0) is 40.9 Å². The van der Waals surface area contributed by atoms with Gasteiger partial charge in [0, 0.05) is 28.3 Å². The summed E-state index contributed by atoms with van der Waals surface area (Å²) in [6.07, 6.45) is 1.38. The predicted molar refractivity (Wildman–Crippen MR) is 72.5 cm³/mol. The summed E-state index contributed by atoms with van der Waals surface area (Å²) in [6.45, 7) is 0. The van der Waals surface area contributed by atoms with Gasteiger partial charge in [0.05, 0.1) is 10.0 Å². The zero-order valence-electron chi connectivity index (χ0n) is 9.62. The molecule has 1 N–H and O–H groups in total. The third-order valence-electron chi connectivity index (χ3n) is 2.92. The molecule has 0 radical (unpaired) electrons. The SMILES string of the molecule is O=C(NC1CCS(=O)CC1)c1cccc(Br)c1F. The lowest BCUT2D eigenvalue weighted by atomic mass is 10.1. The van der Waals surface area contributed by atoms with Crippen LogP contribution in [0, 0.1) is 5.82 Å². The number of rotatable bonds is 2. The van der Waals surface area contributed by atoms with Gasteiger partial charge in [0.15, 0.2) is 0 Å². The molecule has 1 fully saturated rings. The fourth-order valence-corrected chi connectivity index (χ4v) is 3.55. The summed E-state index contributed by atoms with van der Waals surface area (Å²) in [4.78, 5) is 11.9. The topological polar surface area (TPSA) is 46.2 Å². The van der Waals surface area contributed by atoms with Crippen molar-refractivity contribution in [1.29, 1.82) is 0 Å². The van der Waals surface area contributed by atoms with Crippen LogP contribution in [0.15, 0.2) is 22.7 Å². The monoisotopic (exact) mass is 333 g/mol. The summed E-state index contributed by atoms with van der Waals surface area (Å²) in [5, 5.41) is 2.79. The molecule has 2 rings (SSSR count). The molecular formula is C12H13BrFNO2S. The molecule has 98 valence electrons.